The van der Waals surface area contributed by atoms with Gasteiger partial charge in [-0.2, -0.15) is 13.5 Å². The fourth-order valence-corrected chi connectivity index (χ4v) is 0. The van der Waals surface area contributed by atoms with Gasteiger partial charge in [0.1, 0.15) is 0 Å². The Kier molecular flexibility index (Phi) is 24.5. The van der Waals surface area contributed by atoms with Crippen molar-refractivity contribution in [2.24, 2.45) is 0 Å². The van der Waals surface area contributed by atoms with Crippen LogP contribution in [0.4, 0.5) is 0 Å². The Morgan fingerprint density at radius 1 is 1.00 bits per heavy atom. The van der Waals surface area contributed by atoms with E-state index in [1.54, 1.807) is 0 Å². The van der Waals surface area contributed by atoms with E-state index in [4.69, 9.17) is 15.1 Å². The molecule has 6 heteroatoms. The van der Waals surface area contributed by atoms with E-state index in [0.717, 1.165) is 0 Å². The minimum absolute atomic E-state index is 0. The topological polar surface area (TPSA) is 60.7 Å². The summed E-state index contributed by atoms with van der Waals surface area (Å²) in [5.74, 6) is 0. The standard InChI is InChI=1S/Al.BH3O3.H2S.3H/c;2-1(3)4;;;;/h;2-4H;1H2;;;. The molecule has 0 aromatic carbocycles. The zero-order chi connectivity index (χ0) is 3.58. The van der Waals surface area contributed by atoms with Gasteiger partial charge in [-0.05, 0) is 0 Å². The zero-order valence-corrected chi connectivity index (χ0v) is 3.42. The lowest BCUT2D eigenvalue weighted by Gasteiger charge is -1.69. The van der Waals surface area contributed by atoms with Crippen molar-refractivity contribution in [3.8, 4) is 0 Å². The van der Waals surface area contributed by atoms with Gasteiger partial charge in [0.2, 0.25) is 0 Å². The van der Waals surface area contributed by atoms with Crippen LogP contribution in [0.15, 0.2) is 0 Å². The molecular weight excluding hydrogens is 118 g/mol. The molecule has 0 fully saturated rings. The molecule has 0 radical (unpaired) electrons. The van der Waals surface area contributed by atoms with E-state index in [2.05, 4.69) is 0 Å². The summed E-state index contributed by atoms with van der Waals surface area (Å²) in [4.78, 5) is 0. The van der Waals surface area contributed by atoms with Crippen LogP contribution < -0.4 is 0 Å². The summed E-state index contributed by atoms with van der Waals surface area (Å²) >= 11 is 0. The van der Waals surface area contributed by atoms with Gasteiger partial charge in [0.15, 0.2) is 17.4 Å². The molecular formula is H8AlBO3S. The molecule has 38 valence electrons. The van der Waals surface area contributed by atoms with E-state index in [9.17, 15) is 0 Å². The average Bonchev–Trinajstić information content (AvgIpc) is 0.811. The molecule has 0 bridgehead atoms. The van der Waals surface area contributed by atoms with Gasteiger partial charge in [0.25, 0.3) is 0 Å². The molecule has 0 saturated carbocycles. The molecule has 0 heterocycles. The van der Waals surface area contributed by atoms with Crippen LogP contribution in [0, 0.1) is 0 Å². The first-order valence-corrected chi connectivity index (χ1v) is 0.775. The smallest absolute Gasteiger partial charge is 0.402 e. The third-order valence-corrected chi connectivity index (χ3v) is 0. The molecule has 0 aliphatic rings. The maximum absolute atomic E-state index is 7.17. The number of rotatable bonds is 0. The van der Waals surface area contributed by atoms with E-state index in [0.29, 0.717) is 0 Å². The Bertz CT molecular complexity index is 15.5. The lowest BCUT2D eigenvalue weighted by molar-refractivity contribution is 0.278. The van der Waals surface area contributed by atoms with Crippen molar-refractivity contribution in [3.63, 3.8) is 0 Å². The fourth-order valence-electron chi connectivity index (χ4n) is 0. The summed E-state index contributed by atoms with van der Waals surface area (Å²) in [5.41, 5.74) is 0. The Labute approximate surface area is 53.8 Å². The van der Waals surface area contributed by atoms with Crippen molar-refractivity contribution in [2.75, 3.05) is 0 Å². The molecule has 0 amide bonds. The predicted molar refractivity (Wildman–Crippen MR) is 32.7 cm³/mol. The van der Waals surface area contributed by atoms with Gasteiger partial charge in [-0.3, -0.25) is 0 Å². The molecule has 0 saturated heterocycles. The van der Waals surface area contributed by atoms with Crippen LogP contribution in [0.2, 0.25) is 0 Å². The highest BCUT2D eigenvalue weighted by molar-refractivity contribution is 7.59. The zero-order valence-electron chi connectivity index (χ0n) is 2.42. The van der Waals surface area contributed by atoms with E-state index >= 15 is 0 Å². The van der Waals surface area contributed by atoms with Gasteiger partial charge in [-0.1, -0.05) is 0 Å². The second kappa shape index (κ2) is 9.27. The van der Waals surface area contributed by atoms with Gasteiger partial charge in [-0.15, -0.1) is 0 Å². The third kappa shape index (κ3) is 103. The monoisotopic (exact) mass is 126 g/mol. The van der Waals surface area contributed by atoms with E-state index in [-0.39, 0.29) is 30.9 Å². The Balaban J connectivity index is -0.0000000450. The average molecular weight is 126 g/mol. The minimum atomic E-state index is -2.17. The molecule has 0 rings (SSSR count). The summed E-state index contributed by atoms with van der Waals surface area (Å²) in [5, 5.41) is 21.5. The van der Waals surface area contributed by atoms with Crippen LogP contribution in [-0.2, 0) is 0 Å². The molecule has 3 N–H and O–H groups in total. The Morgan fingerprint density at radius 3 is 1.00 bits per heavy atom. The van der Waals surface area contributed by atoms with Crippen molar-refractivity contribution in [1.82, 2.24) is 0 Å². The van der Waals surface area contributed by atoms with Gasteiger partial charge >= 0.3 is 7.32 Å². The second-order valence-corrected chi connectivity index (χ2v) is 0.346. The quantitative estimate of drug-likeness (QED) is 0.301. The highest BCUT2D eigenvalue weighted by Gasteiger charge is 1.92. The molecule has 3 nitrogen and oxygen atoms in total. The van der Waals surface area contributed by atoms with Gasteiger partial charge in [-0.25, -0.2) is 0 Å². The van der Waals surface area contributed by atoms with Crippen LogP contribution in [0.3, 0.4) is 0 Å². The molecule has 0 spiro atoms. The molecule has 6 heavy (non-hydrogen) atoms. The lowest BCUT2D eigenvalue weighted by Crippen LogP contribution is -2.07. The summed E-state index contributed by atoms with van der Waals surface area (Å²) in [6.45, 7) is 0. The molecule has 0 aromatic heterocycles. The van der Waals surface area contributed by atoms with Crippen LogP contribution in [0.1, 0.15) is 0 Å². The number of hydrogen-bond acceptors (Lipinski definition) is 3. The van der Waals surface area contributed by atoms with Crippen LogP contribution in [0.25, 0.3) is 0 Å². The molecule has 0 atom stereocenters. The summed E-state index contributed by atoms with van der Waals surface area (Å²) in [6, 6.07) is 0. The van der Waals surface area contributed by atoms with Crippen molar-refractivity contribution < 1.29 is 15.1 Å². The lowest BCUT2D eigenvalue weighted by atomic mass is 10.3. The molecule has 0 aromatic rings. The Morgan fingerprint density at radius 2 is 1.00 bits per heavy atom. The minimum Gasteiger partial charge on any atom is -0.402 e. The maximum Gasteiger partial charge on any atom is 0.631 e. The van der Waals surface area contributed by atoms with Crippen molar-refractivity contribution in [1.29, 1.82) is 0 Å². The van der Waals surface area contributed by atoms with E-state index in [1.165, 1.54) is 0 Å². The number of hydrogen-bond donors (Lipinski definition) is 3. The van der Waals surface area contributed by atoms with E-state index < -0.39 is 7.32 Å². The highest BCUT2D eigenvalue weighted by Crippen LogP contribution is 1.40. The summed E-state index contributed by atoms with van der Waals surface area (Å²) < 4.78 is 0. The van der Waals surface area contributed by atoms with E-state index in [1.807, 2.05) is 0 Å². The normalized spacial score (nSPS) is 4.50. The predicted octanol–water partition coefficient (Wildman–Crippen LogP) is -3.12. The van der Waals surface area contributed by atoms with Gasteiger partial charge in [0.05, 0.1) is 0 Å². The maximum atomic E-state index is 7.17. The second-order valence-electron chi connectivity index (χ2n) is 0.346. The van der Waals surface area contributed by atoms with Crippen LogP contribution in [0.5, 0.6) is 0 Å². The first-order valence-electron chi connectivity index (χ1n) is 0.775. The Hall–Kier alpha value is 0.827. The van der Waals surface area contributed by atoms with Gasteiger partial charge < -0.3 is 15.1 Å². The molecule has 0 aliphatic heterocycles. The van der Waals surface area contributed by atoms with Crippen molar-refractivity contribution in [2.45, 2.75) is 0 Å². The third-order valence-electron chi connectivity index (χ3n) is 0. The first kappa shape index (κ1) is 15.8. The highest BCUT2D eigenvalue weighted by atomic mass is 32.1. The largest absolute Gasteiger partial charge is 0.631 e. The summed E-state index contributed by atoms with van der Waals surface area (Å²) in [6.07, 6.45) is 0. The molecule has 0 aliphatic carbocycles. The van der Waals surface area contributed by atoms with Crippen molar-refractivity contribution in [3.05, 3.63) is 0 Å². The van der Waals surface area contributed by atoms with Crippen molar-refractivity contribution >= 4 is 38.2 Å². The van der Waals surface area contributed by atoms with Crippen LogP contribution >= 0.6 is 13.5 Å². The van der Waals surface area contributed by atoms with Crippen LogP contribution in [-0.4, -0.2) is 39.8 Å². The SMILES string of the molecule is OB(O)O.S.[AlH3]. The van der Waals surface area contributed by atoms with Gasteiger partial charge in [0, 0.05) is 0 Å². The summed E-state index contributed by atoms with van der Waals surface area (Å²) in [7, 11) is -2.17. The first-order chi connectivity index (χ1) is 1.73. The molecule has 0 unspecified atom stereocenters. The fraction of sp³-hybridized carbons (Fsp3) is 0.